The molecule has 2 rings (SSSR count). The minimum Gasteiger partial charge on any atom is -0.476 e. The van der Waals surface area contributed by atoms with Gasteiger partial charge in [0.15, 0.2) is 5.69 Å². The van der Waals surface area contributed by atoms with Gasteiger partial charge in [0.05, 0.1) is 10.7 Å². The van der Waals surface area contributed by atoms with Gasteiger partial charge >= 0.3 is 5.97 Å². The summed E-state index contributed by atoms with van der Waals surface area (Å²) >= 11 is 5.90. The van der Waals surface area contributed by atoms with Gasteiger partial charge in [-0.05, 0) is 12.8 Å². The molecule has 1 fully saturated rings. The van der Waals surface area contributed by atoms with Gasteiger partial charge < -0.3 is 5.11 Å². The highest BCUT2D eigenvalue weighted by molar-refractivity contribution is 6.34. The van der Waals surface area contributed by atoms with E-state index in [9.17, 15) is 4.79 Å². The third-order valence-electron chi connectivity index (χ3n) is 2.18. The lowest BCUT2D eigenvalue weighted by molar-refractivity contribution is 0.0685. The molecule has 0 bridgehead atoms. The van der Waals surface area contributed by atoms with Gasteiger partial charge in [-0.3, -0.25) is 4.68 Å². The summed E-state index contributed by atoms with van der Waals surface area (Å²) in [6.45, 7) is 0. The molecule has 70 valence electrons. The van der Waals surface area contributed by atoms with Gasteiger partial charge in [0.1, 0.15) is 0 Å². The molecule has 0 saturated heterocycles. The Morgan fingerprint density at radius 3 is 2.69 bits per heavy atom. The van der Waals surface area contributed by atoms with E-state index >= 15 is 0 Å². The molecule has 5 heteroatoms. The first-order valence-corrected chi connectivity index (χ1v) is 4.44. The molecule has 0 spiro atoms. The summed E-state index contributed by atoms with van der Waals surface area (Å²) < 4.78 is 1.33. The number of halogens is 1. The molecule has 0 atom stereocenters. The molecule has 1 aliphatic carbocycles. The number of carboxylic acids is 1. The third-order valence-corrected chi connectivity index (χ3v) is 2.55. The fraction of sp³-hybridized carbons (Fsp3) is 0.500. The predicted octanol–water partition coefficient (Wildman–Crippen LogP) is 1.65. The van der Waals surface area contributed by atoms with Crippen LogP contribution in [0.4, 0.5) is 0 Å². The van der Waals surface area contributed by atoms with Crippen LogP contribution < -0.4 is 0 Å². The largest absolute Gasteiger partial charge is 0.476 e. The Morgan fingerprint density at radius 1 is 1.69 bits per heavy atom. The summed E-state index contributed by atoms with van der Waals surface area (Å²) in [5, 5.41) is 13.2. The molecule has 0 radical (unpaired) electrons. The fourth-order valence-corrected chi connectivity index (χ4v) is 1.76. The molecule has 1 aliphatic rings. The topological polar surface area (TPSA) is 55.1 Å². The van der Waals surface area contributed by atoms with Crippen LogP contribution in [0.25, 0.3) is 0 Å². The van der Waals surface area contributed by atoms with Crippen molar-refractivity contribution in [3.05, 3.63) is 16.4 Å². The normalized spacial score (nSPS) is 16.2. The molecule has 1 saturated carbocycles. The maximum Gasteiger partial charge on any atom is 0.355 e. The van der Waals surface area contributed by atoms with E-state index in [4.69, 9.17) is 16.7 Å². The average molecular weight is 201 g/mol. The van der Waals surface area contributed by atoms with E-state index in [2.05, 4.69) is 5.10 Å². The van der Waals surface area contributed by atoms with E-state index in [1.807, 2.05) is 0 Å². The second kappa shape index (κ2) is 2.73. The number of aromatic nitrogens is 2. The molecule has 0 aromatic carbocycles. The zero-order chi connectivity index (χ0) is 9.59. The van der Waals surface area contributed by atoms with Crippen LogP contribution in [0.1, 0.15) is 34.9 Å². The van der Waals surface area contributed by atoms with Crippen molar-refractivity contribution in [2.75, 3.05) is 0 Å². The van der Waals surface area contributed by atoms with Crippen LogP contribution in [0.3, 0.4) is 0 Å². The van der Waals surface area contributed by atoms with Gasteiger partial charge in [-0.15, -0.1) is 0 Å². The van der Waals surface area contributed by atoms with Crippen molar-refractivity contribution < 1.29 is 9.90 Å². The van der Waals surface area contributed by atoms with E-state index in [1.165, 1.54) is 4.68 Å². The van der Waals surface area contributed by atoms with Crippen LogP contribution in [0.15, 0.2) is 0 Å². The van der Waals surface area contributed by atoms with Gasteiger partial charge in [0.2, 0.25) is 0 Å². The van der Waals surface area contributed by atoms with Crippen molar-refractivity contribution in [2.24, 2.45) is 7.05 Å². The minimum atomic E-state index is -1.02. The summed E-state index contributed by atoms with van der Waals surface area (Å²) in [4.78, 5) is 10.8. The first-order chi connectivity index (χ1) is 6.11. The SMILES string of the molecule is Cn1nc(C2CC2)c(Cl)c1C(=O)O. The number of aromatic carboxylic acids is 1. The molecule has 0 aliphatic heterocycles. The summed E-state index contributed by atoms with van der Waals surface area (Å²) in [5.41, 5.74) is 0.824. The number of hydrogen-bond donors (Lipinski definition) is 1. The predicted molar refractivity (Wildman–Crippen MR) is 47.2 cm³/mol. The van der Waals surface area contributed by atoms with Gasteiger partial charge in [-0.25, -0.2) is 4.79 Å². The quantitative estimate of drug-likeness (QED) is 0.790. The Morgan fingerprint density at radius 2 is 2.31 bits per heavy atom. The lowest BCUT2D eigenvalue weighted by Gasteiger charge is -1.93. The highest BCUT2D eigenvalue weighted by Gasteiger charge is 2.32. The lowest BCUT2D eigenvalue weighted by Crippen LogP contribution is -2.05. The van der Waals surface area contributed by atoms with E-state index in [-0.39, 0.29) is 5.69 Å². The number of rotatable bonds is 2. The first kappa shape index (κ1) is 8.56. The monoisotopic (exact) mass is 200 g/mol. The van der Waals surface area contributed by atoms with Crippen LogP contribution in [-0.4, -0.2) is 20.9 Å². The zero-order valence-electron chi connectivity index (χ0n) is 7.12. The Bertz CT molecular complexity index is 368. The van der Waals surface area contributed by atoms with Crippen molar-refractivity contribution in [3.8, 4) is 0 Å². The first-order valence-electron chi connectivity index (χ1n) is 4.07. The van der Waals surface area contributed by atoms with Gasteiger partial charge in [-0.2, -0.15) is 5.10 Å². The third kappa shape index (κ3) is 1.31. The summed E-state index contributed by atoms with van der Waals surface area (Å²) in [7, 11) is 1.60. The Labute approximate surface area is 80.1 Å². The molecule has 1 aromatic heterocycles. The minimum absolute atomic E-state index is 0.0866. The molecule has 1 N–H and O–H groups in total. The van der Waals surface area contributed by atoms with Crippen molar-refractivity contribution in [3.63, 3.8) is 0 Å². The molecular formula is C8H9ClN2O2. The van der Waals surface area contributed by atoms with E-state index < -0.39 is 5.97 Å². The van der Waals surface area contributed by atoms with Crippen LogP contribution in [0.2, 0.25) is 5.02 Å². The number of hydrogen-bond acceptors (Lipinski definition) is 2. The number of nitrogens with zero attached hydrogens (tertiary/aromatic N) is 2. The second-order valence-corrected chi connectivity index (χ2v) is 3.63. The molecular weight excluding hydrogens is 192 g/mol. The molecule has 0 unspecified atom stereocenters. The average Bonchev–Trinajstić information content (AvgIpc) is 2.78. The molecule has 4 nitrogen and oxygen atoms in total. The standard InChI is InChI=1S/C8H9ClN2O2/c1-11-7(8(12)13)5(9)6(10-11)4-2-3-4/h4H,2-3H2,1H3,(H,12,13). The summed E-state index contributed by atoms with van der Waals surface area (Å²) in [6, 6.07) is 0. The van der Waals surface area contributed by atoms with Crippen LogP contribution >= 0.6 is 11.6 Å². The van der Waals surface area contributed by atoms with Gasteiger partial charge in [0.25, 0.3) is 0 Å². The number of aryl methyl sites for hydroxylation is 1. The van der Waals surface area contributed by atoms with E-state index in [1.54, 1.807) is 7.05 Å². The highest BCUT2D eigenvalue weighted by Crippen LogP contribution is 2.43. The van der Waals surface area contributed by atoms with Crippen LogP contribution in [0, 0.1) is 0 Å². The van der Waals surface area contributed by atoms with E-state index in [0.717, 1.165) is 18.5 Å². The van der Waals surface area contributed by atoms with Crippen molar-refractivity contribution in [1.29, 1.82) is 0 Å². The van der Waals surface area contributed by atoms with E-state index in [0.29, 0.717) is 10.9 Å². The highest BCUT2D eigenvalue weighted by atomic mass is 35.5. The molecule has 1 heterocycles. The summed E-state index contributed by atoms with van der Waals surface area (Å²) in [6.07, 6.45) is 2.13. The van der Waals surface area contributed by atoms with Gasteiger partial charge in [-0.1, -0.05) is 11.6 Å². The van der Waals surface area contributed by atoms with Crippen molar-refractivity contribution in [2.45, 2.75) is 18.8 Å². The maximum absolute atomic E-state index is 10.8. The number of carboxylic acid groups (broad SMARTS) is 1. The number of carbonyl (C=O) groups is 1. The van der Waals surface area contributed by atoms with Crippen molar-refractivity contribution >= 4 is 17.6 Å². The van der Waals surface area contributed by atoms with Crippen LogP contribution in [0.5, 0.6) is 0 Å². The molecule has 1 aromatic rings. The fourth-order valence-electron chi connectivity index (χ4n) is 1.37. The Kier molecular flexibility index (Phi) is 1.80. The van der Waals surface area contributed by atoms with Crippen molar-refractivity contribution in [1.82, 2.24) is 9.78 Å². The Hall–Kier alpha value is -1.03. The lowest BCUT2D eigenvalue weighted by atomic mass is 10.2. The second-order valence-electron chi connectivity index (χ2n) is 3.25. The van der Waals surface area contributed by atoms with Crippen LogP contribution in [-0.2, 0) is 7.05 Å². The smallest absolute Gasteiger partial charge is 0.355 e. The van der Waals surface area contributed by atoms with Gasteiger partial charge in [0, 0.05) is 13.0 Å². The maximum atomic E-state index is 10.8. The Balaban J connectivity index is 2.50. The zero-order valence-corrected chi connectivity index (χ0v) is 7.88. The molecule has 13 heavy (non-hydrogen) atoms. The molecule has 0 amide bonds. The summed E-state index contributed by atoms with van der Waals surface area (Å²) in [5.74, 6) is -0.640.